The summed E-state index contributed by atoms with van der Waals surface area (Å²) in [6.45, 7) is 6.71. The number of benzene rings is 1. The zero-order valence-corrected chi connectivity index (χ0v) is 13.1. The normalized spacial score (nSPS) is 15.9. The smallest absolute Gasteiger partial charge is 0.127 e. The van der Waals surface area contributed by atoms with Gasteiger partial charge >= 0.3 is 0 Å². The van der Waals surface area contributed by atoms with Gasteiger partial charge in [0.25, 0.3) is 0 Å². The number of methoxy groups -OCH3 is 2. The molecule has 1 aliphatic heterocycles. The molecule has 0 radical (unpaired) electrons. The summed E-state index contributed by atoms with van der Waals surface area (Å²) in [7, 11) is 3.38. The van der Waals surface area contributed by atoms with E-state index >= 15 is 0 Å². The molecule has 0 aromatic heterocycles. The maximum Gasteiger partial charge on any atom is 0.127 e. The Morgan fingerprint density at radius 3 is 2.43 bits per heavy atom. The average Bonchev–Trinajstić information content (AvgIpc) is 2.55. The molecule has 2 rings (SSSR count). The molecular formula is C16H26N2O3. The van der Waals surface area contributed by atoms with Crippen molar-refractivity contribution >= 4 is 0 Å². The van der Waals surface area contributed by atoms with Crippen molar-refractivity contribution in [2.24, 2.45) is 0 Å². The fourth-order valence-corrected chi connectivity index (χ4v) is 2.57. The van der Waals surface area contributed by atoms with Crippen molar-refractivity contribution < 1.29 is 14.2 Å². The predicted octanol–water partition coefficient (Wildman–Crippen LogP) is 1.52. The van der Waals surface area contributed by atoms with Crippen molar-refractivity contribution in [3.8, 4) is 11.5 Å². The molecule has 5 nitrogen and oxygen atoms in total. The van der Waals surface area contributed by atoms with Gasteiger partial charge in [0.05, 0.1) is 27.4 Å². The molecule has 0 spiro atoms. The molecule has 118 valence electrons. The molecule has 0 bridgehead atoms. The third kappa shape index (κ3) is 4.88. The van der Waals surface area contributed by atoms with Gasteiger partial charge in [0.2, 0.25) is 0 Å². The first-order valence-electron chi connectivity index (χ1n) is 7.56. The van der Waals surface area contributed by atoms with Gasteiger partial charge in [0.1, 0.15) is 11.5 Å². The Morgan fingerprint density at radius 2 is 1.81 bits per heavy atom. The highest BCUT2D eigenvalue weighted by atomic mass is 16.5. The first-order valence-corrected chi connectivity index (χ1v) is 7.56. The second kappa shape index (κ2) is 8.87. The van der Waals surface area contributed by atoms with Gasteiger partial charge in [-0.25, -0.2) is 0 Å². The lowest BCUT2D eigenvalue weighted by molar-refractivity contribution is 0.0374. The number of rotatable bonds is 8. The molecule has 0 unspecified atom stereocenters. The molecule has 0 atom stereocenters. The van der Waals surface area contributed by atoms with Crippen molar-refractivity contribution in [1.82, 2.24) is 10.2 Å². The molecule has 1 fully saturated rings. The van der Waals surface area contributed by atoms with Crippen LogP contribution in [0.3, 0.4) is 0 Å². The van der Waals surface area contributed by atoms with E-state index in [9.17, 15) is 0 Å². The summed E-state index contributed by atoms with van der Waals surface area (Å²) in [5.74, 6) is 1.74. The van der Waals surface area contributed by atoms with Gasteiger partial charge in [-0.2, -0.15) is 0 Å². The van der Waals surface area contributed by atoms with Crippen LogP contribution in [0.2, 0.25) is 0 Å². The van der Waals surface area contributed by atoms with E-state index in [1.165, 1.54) is 0 Å². The number of hydrogen-bond donors (Lipinski definition) is 1. The zero-order chi connectivity index (χ0) is 14.9. The van der Waals surface area contributed by atoms with E-state index in [2.05, 4.69) is 10.2 Å². The maximum absolute atomic E-state index is 5.40. The van der Waals surface area contributed by atoms with E-state index < -0.39 is 0 Å². The van der Waals surface area contributed by atoms with Crippen molar-refractivity contribution in [3.63, 3.8) is 0 Å². The second-order valence-electron chi connectivity index (χ2n) is 5.13. The fraction of sp³-hybridized carbons (Fsp3) is 0.625. The molecule has 1 aromatic rings. The Hall–Kier alpha value is -1.30. The Bertz CT molecular complexity index is 398. The largest absolute Gasteiger partial charge is 0.496 e. The van der Waals surface area contributed by atoms with Crippen molar-refractivity contribution in [3.05, 3.63) is 23.8 Å². The van der Waals surface area contributed by atoms with E-state index in [0.717, 1.165) is 69.4 Å². The van der Waals surface area contributed by atoms with Crippen molar-refractivity contribution in [1.29, 1.82) is 0 Å². The average molecular weight is 294 g/mol. The maximum atomic E-state index is 5.40. The summed E-state index contributed by atoms with van der Waals surface area (Å²) in [6, 6.07) is 5.88. The lowest BCUT2D eigenvalue weighted by Gasteiger charge is -2.26. The molecule has 5 heteroatoms. The summed E-state index contributed by atoms with van der Waals surface area (Å²) in [4.78, 5) is 2.45. The van der Waals surface area contributed by atoms with Crippen LogP contribution in [-0.4, -0.2) is 58.5 Å². The van der Waals surface area contributed by atoms with E-state index in [-0.39, 0.29) is 0 Å². The summed E-state index contributed by atoms with van der Waals surface area (Å²) in [6.07, 6.45) is 1.14. The number of nitrogens with zero attached hydrogens (tertiary/aromatic N) is 1. The topological polar surface area (TPSA) is 43.0 Å². The zero-order valence-electron chi connectivity index (χ0n) is 13.1. The molecule has 1 N–H and O–H groups in total. The van der Waals surface area contributed by atoms with Crippen LogP contribution >= 0.6 is 0 Å². The highest BCUT2D eigenvalue weighted by Gasteiger charge is 2.10. The quantitative estimate of drug-likeness (QED) is 0.736. The van der Waals surface area contributed by atoms with Gasteiger partial charge in [-0.1, -0.05) is 6.07 Å². The minimum Gasteiger partial charge on any atom is -0.496 e. The van der Waals surface area contributed by atoms with Crippen molar-refractivity contribution in [2.75, 3.05) is 53.6 Å². The standard InChI is InChI=1S/C16H26N2O3/c1-19-15-5-3-6-16(20-2)14(15)13-17-7-4-8-18-9-11-21-12-10-18/h3,5-6,17H,4,7-13H2,1-2H3. The number of ether oxygens (including phenoxy) is 3. The van der Waals surface area contributed by atoms with Crippen LogP contribution in [0.4, 0.5) is 0 Å². The van der Waals surface area contributed by atoms with Gasteiger partial charge in [-0.3, -0.25) is 4.90 Å². The molecule has 0 amide bonds. The summed E-state index contributed by atoms with van der Waals surface area (Å²) < 4.78 is 16.1. The van der Waals surface area contributed by atoms with Crippen LogP contribution in [-0.2, 0) is 11.3 Å². The van der Waals surface area contributed by atoms with Gasteiger partial charge in [0, 0.05) is 25.2 Å². The molecular weight excluding hydrogens is 268 g/mol. The lowest BCUT2D eigenvalue weighted by Crippen LogP contribution is -2.37. The minimum absolute atomic E-state index is 0.760. The highest BCUT2D eigenvalue weighted by molar-refractivity contribution is 5.44. The molecule has 0 aliphatic carbocycles. The molecule has 21 heavy (non-hydrogen) atoms. The monoisotopic (exact) mass is 294 g/mol. The second-order valence-corrected chi connectivity index (χ2v) is 5.13. The Labute approximate surface area is 127 Å². The third-order valence-corrected chi connectivity index (χ3v) is 3.76. The lowest BCUT2D eigenvalue weighted by atomic mass is 10.1. The van der Waals surface area contributed by atoms with Crippen LogP contribution in [0, 0.1) is 0 Å². The Balaban J connectivity index is 1.72. The van der Waals surface area contributed by atoms with E-state index in [1.807, 2.05) is 18.2 Å². The summed E-state index contributed by atoms with van der Waals surface area (Å²) in [5, 5.41) is 3.47. The van der Waals surface area contributed by atoms with Crippen LogP contribution < -0.4 is 14.8 Å². The van der Waals surface area contributed by atoms with Crippen LogP contribution in [0.25, 0.3) is 0 Å². The first kappa shape index (κ1) is 16.1. The van der Waals surface area contributed by atoms with Crippen LogP contribution in [0.15, 0.2) is 18.2 Å². The number of nitrogens with one attached hydrogen (secondary N) is 1. The van der Waals surface area contributed by atoms with Gasteiger partial charge in [0.15, 0.2) is 0 Å². The third-order valence-electron chi connectivity index (χ3n) is 3.76. The first-order chi connectivity index (χ1) is 10.3. The molecule has 1 aromatic carbocycles. The minimum atomic E-state index is 0.760. The van der Waals surface area contributed by atoms with Crippen LogP contribution in [0.5, 0.6) is 11.5 Å². The van der Waals surface area contributed by atoms with Gasteiger partial charge in [-0.15, -0.1) is 0 Å². The van der Waals surface area contributed by atoms with Crippen molar-refractivity contribution in [2.45, 2.75) is 13.0 Å². The Kier molecular flexibility index (Phi) is 6.79. The highest BCUT2D eigenvalue weighted by Crippen LogP contribution is 2.27. The van der Waals surface area contributed by atoms with E-state index in [0.29, 0.717) is 0 Å². The molecule has 0 saturated carbocycles. The van der Waals surface area contributed by atoms with Gasteiger partial charge in [-0.05, 0) is 31.6 Å². The summed E-state index contributed by atoms with van der Waals surface area (Å²) >= 11 is 0. The predicted molar refractivity (Wildman–Crippen MR) is 83.1 cm³/mol. The molecule has 1 heterocycles. The number of hydrogen-bond acceptors (Lipinski definition) is 5. The number of morpholine rings is 1. The van der Waals surface area contributed by atoms with Gasteiger partial charge < -0.3 is 19.5 Å². The van der Waals surface area contributed by atoms with E-state index in [4.69, 9.17) is 14.2 Å². The van der Waals surface area contributed by atoms with E-state index in [1.54, 1.807) is 14.2 Å². The molecule has 1 saturated heterocycles. The van der Waals surface area contributed by atoms with Crippen LogP contribution in [0.1, 0.15) is 12.0 Å². The fourth-order valence-electron chi connectivity index (χ4n) is 2.57. The SMILES string of the molecule is COc1cccc(OC)c1CNCCCN1CCOCC1. The Morgan fingerprint density at radius 1 is 1.14 bits per heavy atom. The summed E-state index contributed by atoms with van der Waals surface area (Å²) in [5.41, 5.74) is 1.08. The molecule has 1 aliphatic rings.